The van der Waals surface area contributed by atoms with E-state index in [9.17, 15) is 4.79 Å². The summed E-state index contributed by atoms with van der Waals surface area (Å²) in [6, 6.07) is 6.49. The fourth-order valence-corrected chi connectivity index (χ4v) is 1.01. The van der Waals surface area contributed by atoms with Gasteiger partial charge in [0.25, 0.3) is 0 Å². The van der Waals surface area contributed by atoms with Crippen molar-refractivity contribution >= 4 is 24.6 Å². The molecule has 0 fully saturated rings. The van der Waals surface area contributed by atoms with Crippen LogP contribution in [-0.2, 0) is 9.53 Å². The van der Waals surface area contributed by atoms with Crippen LogP contribution < -0.4 is 5.46 Å². The Morgan fingerprint density at radius 1 is 1.33 bits per heavy atom. The molecule has 1 aromatic rings. The van der Waals surface area contributed by atoms with Gasteiger partial charge in [-0.05, 0) is 17.1 Å². The van der Waals surface area contributed by atoms with E-state index in [-0.39, 0.29) is 0 Å². The van der Waals surface area contributed by atoms with Crippen LogP contribution in [-0.4, -0.2) is 30.2 Å². The van der Waals surface area contributed by atoms with Crippen molar-refractivity contribution in [1.82, 2.24) is 0 Å². The second-order valence-electron chi connectivity index (χ2n) is 2.90. The minimum atomic E-state index is -1.47. The van der Waals surface area contributed by atoms with E-state index in [1.54, 1.807) is 30.3 Å². The molecule has 0 radical (unpaired) electrons. The first kappa shape index (κ1) is 11.5. The maximum absolute atomic E-state index is 10.8. The molecule has 0 heterocycles. The molecule has 4 nitrogen and oxygen atoms in total. The van der Waals surface area contributed by atoms with Crippen LogP contribution in [0.2, 0.25) is 0 Å². The smallest absolute Gasteiger partial charge is 0.466 e. The largest absolute Gasteiger partial charge is 0.488 e. The minimum absolute atomic E-state index is 0.408. The van der Waals surface area contributed by atoms with Crippen LogP contribution in [0.1, 0.15) is 5.56 Å². The number of rotatable bonds is 3. The molecule has 78 valence electrons. The van der Waals surface area contributed by atoms with Gasteiger partial charge >= 0.3 is 13.1 Å². The summed E-state index contributed by atoms with van der Waals surface area (Å²) >= 11 is 0. The van der Waals surface area contributed by atoms with Crippen LogP contribution in [0.15, 0.2) is 30.3 Å². The zero-order valence-electron chi connectivity index (χ0n) is 8.25. The Balaban J connectivity index is 2.72. The number of carbonyl (C=O) groups is 1. The zero-order valence-corrected chi connectivity index (χ0v) is 8.25. The van der Waals surface area contributed by atoms with Crippen LogP contribution in [0.3, 0.4) is 0 Å². The number of hydrogen-bond acceptors (Lipinski definition) is 4. The zero-order chi connectivity index (χ0) is 11.3. The number of esters is 1. The van der Waals surface area contributed by atoms with Crippen LogP contribution in [0, 0.1) is 0 Å². The Hall–Kier alpha value is -1.59. The van der Waals surface area contributed by atoms with Gasteiger partial charge in [-0.25, -0.2) is 4.79 Å². The van der Waals surface area contributed by atoms with Crippen LogP contribution in [0.25, 0.3) is 6.08 Å². The summed E-state index contributed by atoms with van der Waals surface area (Å²) in [6.07, 6.45) is 2.88. The van der Waals surface area contributed by atoms with Gasteiger partial charge in [-0.3, -0.25) is 0 Å². The molecule has 0 atom stereocenters. The van der Waals surface area contributed by atoms with E-state index in [4.69, 9.17) is 10.0 Å². The third kappa shape index (κ3) is 3.57. The molecule has 15 heavy (non-hydrogen) atoms. The van der Waals surface area contributed by atoms with Crippen LogP contribution in [0.4, 0.5) is 0 Å². The number of ether oxygens (including phenoxy) is 1. The molecule has 0 aromatic heterocycles. The third-order valence-corrected chi connectivity index (χ3v) is 1.85. The van der Waals surface area contributed by atoms with E-state index in [1.807, 2.05) is 0 Å². The van der Waals surface area contributed by atoms with Crippen molar-refractivity contribution in [3.63, 3.8) is 0 Å². The molecule has 0 aliphatic carbocycles. The van der Waals surface area contributed by atoms with Crippen molar-refractivity contribution < 1.29 is 19.6 Å². The Morgan fingerprint density at radius 3 is 2.40 bits per heavy atom. The van der Waals surface area contributed by atoms with E-state index in [0.29, 0.717) is 5.46 Å². The number of hydrogen-bond donors (Lipinski definition) is 2. The predicted octanol–water partition coefficient (Wildman–Crippen LogP) is -0.447. The highest BCUT2D eigenvalue weighted by molar-refractivity contribution is 6.58. The fourth-order valence-electron chi connectivity index (χ4n) is 1.01. The molecule has 0 amide bonds. The predicted molar refractivity (Wildman–Crippen MR) is 57.3 cm³/mol. The lowest BCUT2D eigenvalue weighted by Gasteiger charge is -1.99. The molecular weight excluding hydrogens is 195 g/mol. The minimum Gasteiger partial charge on any atom is -0.466 e. The number of methoxy groups -OCH3 is 1. The second-order valence-corrected chi connectivity index (χ2v) is 2.90. The lowest BCUT2D eigenvalue weighted by Crippen LogP contribution is -2.29. The van der Waals surface area contributed by atoms with Gasteiger partial charge in [0.05, 0.1) is 7.11 Å². The molecule has 0 spiro atoms. The number of benzene rings is 1. The van der Waals surface area contributed by atoms with E-state index < -0.39 is 13.1 Å². The van der Waals surface area contributed by atoms with E-state index in [1.165, 1.54) is 13.2 Å². The van der Waals surface area contributed by atoms with Crippen molar-refractivity contribution in [1.29, 1.82) is 0 Å². The summed E-state index contributed by atoms with van der Waals surface area (Å²) in [4.78, 5) is 10.8. The SMILES string of the molecule is COC(=O)C=Cc1ccc(B(O)O)cc1. The lowest BCUT2D eigenvalue weighted by molar-refractivity contribution is -0.134. The van der Waals surface area contributed by atoms with Gasteiger partial charge in [0.2, 0.25) is 0 Å². The first-order chi connectivity index (χ1) is 7.13. The van der Waals surface area contributed by atoms with E-state index in [2.05, 4.69) is 4.74 Å². The topological polar surface area (TPSA) is 66.8 Å². The van der Waals surface area contributed by atoms with Crippen molar-refractivity contribution in [3.05, 3.63) is 35.9 Å². The van der Waals surface area contributed by atoms with Crippen molar-refractivity contribution in [3.8, 4) is 0 Å². The molecule has 1 aromatic carbocycles. The van der Waals surface area contributed by atoms with Crippen LogP contribution in [0.5, 0.6) is 0 Å². The fraction of sp³-hybridized carbons (Fsp3) is 0.100. The molecule has 5 heteroatoms. The highest BCUT2D eigenvalue weighted by Crippen LogP contribution is 2.00. The van der Waals surface area contributed by atoms with Gasteiger partial charge in [-0.2, -0.15) is 0 Å². The Labute approximate surface area is 88.0 Å². The molecule has 0 saturated carbocycles. The van der Waals surface area contributed by atoms with Crippen LogP contribution >= 0.6 is 0 Å². The van der Waals surface area contributed by atoms with Gasteiger partial charge in [0.1, 0.15) is 0 Å². The maximum atomic E-state index is 10.8. The number of carbonyl (C=O) groups excluding carboxylic acids is 1. The Kier molecular flexibility index (Phi) is 4.09. The van der Waals surface area contributed by atoms with E-state index in [0.717, 1.165) is 5.56 Å². The highest BCUT2D eigenvalue weighted by Gasteiger charge is 2.08. The Morgan fingerprint density at radius 2 is 1.93 bits per heavy atom. The Bertz CT molecular complexity index is 356. The van der Waals surface area contributed by atoms with Gasteiger partial charge in [-0.1, -0.05) is 24.3 Å². The summed E-state index contributed by atoms with van der Waals surface area (Å²) in [7, 11) is -0.165. The molecule has 0 bridgehead atoms. The molecule has 0 unspecified atom stereocenters. The first-order valence-electron chi connectivity index (χ1n) is 4.35. The summed E-state index contributed by atoms with van der Waals surface area (Å²) in [6.45, 7) is 0. The normalized spacial score (nSPS) is 10.3. The summed E-state index contributed by atoms with van der Waals surface area (Å²) in [5.74, 6) is -0.429. The second kappa shape index (κ2) is 5.33. The van der Waals surface area contributed by atoms with Gasteiger partial charge < -0.3 is 14.8 Å². The molecule has 2 N–H and O–H groups in total. The van der Waals surface area contributed by atoms with Crippen molar-refractivity contribution in [2.75, 3.05) is 7.11 Å². The highest BCUT2D eigenvalue weighted by atomic mass is 16.5. The van der Waals surface area contributed by atoms with Gasteiger partial charge in [0, 0.05) is 6.08 Å². The monoisotopic (exact) mass is 206 g/mol. The quantitative estimate of drug-likeness (QED) is 0.399. The molecule has 0 aliphatic heterocycles. The summed E-state index contributed by atoms with van der Waals surface area (Å²) in [5, 5.41) is 17.7. The third-order valence-electron chi connectivity index (χ3n) is 1.85. The van der Waals surface area contributed by atoms with Crippen molar-refractivity contribution in [2.45, 2.75) is 0 Å². The molecule has 1 rings (SSSR count). The summed E-state index contributed by atoms with van der Waals surface area (Å²) in [5.41, 5.74) is 1.19. The first-order valence-corrected chi connectivity index (χ1v) is 4.35. The molecular formula is C10H11BO4. The van der Waals surface area contributed by atoms with Gasteiger partial charge in [-0.15, -0.1) is 0 Å². The lowest BCUT2D eigenvalue weighted by atomic mass is 9.80. The van der Waals surface area contributed by atoms with Gasteiger partial charge in [0.15, 0.2) is 0 Å². The van der Waals surface area contributed by atoms with E-state index >= 15 is 0 Å². The standard InChI is InChI=1S/C10H11BO4/c1-15-10(12)7-4-8-2-5-9(6-3-8)11(13)14/h2-7,13-14H,1H3. The van der Waals surface area contributed by atoms with Crippen molar-refractivity contribution in [2.24, 2.45) is 0 Å². The summed E-state index contributed by atoms with van der Waals surface area (Å²) < 4.78 is 4.43. The molecule has 0 saturated heterocycles. The molecule has 0 aliphatic rings. The average Bonchev–Trinajstić information content (AvgIpc) is 2.26. The average molecular weight is 206 g/mol. The maximum Gasteiger partial charge on any atom is 0.488 e.